The Bertz CT molecular complexity index is 573. The van der Waals surface area contributed by atoms with Crippen molar-refractivity contribution in [1.82, 2.24) is 0 Å². The quantitative estimate of drug-likeness (QED) is 0.812. The van der Waals surface area contributed by atoms with E-state index in [9.17, 15) is 12.8 Å². The summed E-state index contributed by atoms with van der Waals surface area (Å²) in [4.78, 5) is 1.79. The maximum absolute atomic E-state index is 13.7. The van der Waals surface area contributed by atoms with Gasteiger partial charge in [0.1, 0.15) is 10.8 Å². The van der Waals surface area contributed by atoms with Gasteiger partial charge in [0.15, 0.2) is 9.84 Å². The molecular weight excluding hydrogens is 275 g/mol. The van der Waals surface area contributed by atoms with Crippen LogP contribution in [0.4, 0.5) is 10.1 Å². The number of rotatable bonds is 2. The van der Waals surface area contributed by atoms with Gasteiger partial charge in [-0.15, -0.1) is 0 Å². The van der Waals surface area contributed by atoms with E-state index in [0.717, 1.165) is 0 Å². The smallest absolute Gasteiger partial charge is 0.153 e. The van der Waals surface area contributed by atoms with Crippen molar-refractivity contribution in [3.05, 3.63) is 29.6 Å². The Labute approximate surface area is 110 Å². The molecule has 1 aromatic rings. The van der Waals surface area contributed by atoms with Crippen molar-refractivity contribution in [3.8, 4) is 0 Å². The zero-order chi connectivity index (χ0) is 13.3. The van der Waals surface area contributed by atoms with E-state index in [4.69, 9.17) is 18.0 Å². The molecule has 1 saturated heterocycles. The average molecular weight is 288 g/mol. The lowest BCUT2D eigenvalue weighted by Crippen LogP contribution is -2.41. The molecule has 2 rings (SSSR count). The third-order valence-electron chi connectivity index (χ3n) is 2.92. The van der Waals surface area contributed by atoms with E-state index in [1.54, 1.807) is 17.0 Å². The standard InChI is InChI=1S/C11H13FN2O2S2/c12-8-2-1-3-9(10(8)11(13)17)14-4-6-18(15,16)7-5-14/h1-3H,4-7H2,(H2,13,17). The van der Waals surface area contributed by atoms with Gasteiger partial charge in [-0.3, -0.25) is 0 Å². The lowest BCUT2D eigenvalue weighted by molar-refractivity contribution is 0.586. The summed E-state index contributed by atoms with van der Waals surface area (Å²) in [5, 5.41) is 0. The topological polar surface area (TPSA) is 63.4 Å². The Balaban J connectivity index is 2.35. The van der Waals surface area contributed by atoms with E-state index in [0.29, 0.717) is 18.8 Å². The molecule has 2 N–H and O–H groups in total. The van der Waals surface area contributed by atoms with Crippen molar-refractivity contribution >= 4 is 32.7 Å². The first-order chi connectivity index (χ1) is 8.41. The summed E-state index contributed by atoms with van der Waals surface area (Å²) >= 11 is 4.84. The van der Waals surface area contributed by atoms with E-state index in [-0.39, 0.29) is 22.1 Å². The highest BCUT2D eigenvalue weighted by molar-refractivity contribution is 7.91. The lowest BCUT2D eigenvalue weighted by Gasteiger charge is -2.30. The van der Waals surface area contributed by atoms with Crippen LogP contribution in [0.2, 0.25) is 0 Å². The molecule has 1 aromatic carbocycles. The van der Waals surface area contributed by atoms with E-state index in [1.165, 1.54) is 6.07 Å². The molecule has 0 radical (unpaired) electrons. The maximum Gasteiger partial charge on any atom is 0.153 e. The van der Waals surface area contributed by atoms with Crippen LogP contribution in [0, 0.1) is 5.82 Å². The Morgan fingerprint density at radius 3 is 2.50 bits per heavy atom. The van der Waals surface area contributed by atoms with Gasteiger partial charge in [0.25, 0.3) is 0 Å². The van der Waals surface area contributed by atoms with Crippen LogP contribution in [0.5, 0.6) is 0 Å². The fourth-order valence-electron chi connectivity index (χ4n) is 1.97. The van der Waals surface area contributed by atoms with Crippen molar-refractivity contribution in [2.75, 3.05) is 29.5 Å². The van der Waals surface area contributed by atoms with Gasteiger partial charge in [-0.1, -0.05) is 18.3 Å². The first-order valence-corrected chi connectivity index (χ1v) is 7.67. The Morgan fingerprint density at radius 1 is 1.33 bits per heavy atom. The van der Waals surface area contributed by atoms with Crippen LogP contribution in [0.1, 0.15) is 5.56 Å². The molecule has 0 atom stereocenters. The molecule has 7 heteroatoms. The van der Waals surface area contributed by atoms with Crippen molar-refractivity contribution in [1.29, 1.82) is 0 Å². The molecule has 0 bridgehead atoms. The molecule has 0 spiro atoms. The van der Waals surface area contributed by atoms with Crippen LogP contribution < -0.4 is 10.6 Å². The number of nitrogens with zero attached hydrogens (tertiary/aromatic N) is 1. The maximum atomic E-state index is 13.7. The van der Waals surface area contributed by atoms with Gasteiger partial charge in [0.05, 0.1) is 17.1 Å². The molecule has 1 aliphatic heterocycles. The van der Waals surface area contributed by atoms with Crippen LogP contribution in [0.15, 0.2) is 18.2 Å². The molecule has 0 aromatic heterocycles. The summed E-state index contributed by atoms with van der Waals surface area (Å²) < 4.78 is 36.4. The Hall–Kier alpha value is -1.21. The SMILES string of the molecule is NC(=S)c1c(F)cccc1N1CCS(=O)(=O)CC1. The summed E-state index contributed by atoms with van der Waals surface area (Å²) in [7, 11) is -2.97. The van der Waals surface area contributed by atoms with Gasteiger partial charge < -0.3 is 10.6 Å². The minimum atomic E-state index is -2.97. The number of thiocarbonyl (C=S) groups is 1. The summed E-state index contributed by atoms with van der Waals surface area (Å²) in [5.74, 6) is -0.339. The van der Waals surface area contributed by atoms with Crippen LogP contribution in [0.3, 0.4) is 0 Å². The normalized spacial score (nSPS) is 18.6. The average Bonchev–Trinajstić information content (AvgIpc) is 2.28. The molecule has 0 unspecified atom stereocenters. The molecule has 98 valence electrons. The van der Waals surface area contributed by atoms with E-state index in [1.807, 2.05) is 0 Å². The third kappa shape index (κ3) is 2.62. The zero-order valence-corrected chi connectivity index (χ0v) is 11.2. The Morgan fingerprint density at radius 2 is 1.94 bits per heavy atom. The Kier molecular flexibility index (Phi) is 3.54. The highest BCUT2D eigenvalue weighted by Gasteiger charge is 2.24. The second kappa shape index (κ2) is 4.81. The van der Waals surface area contributed by atoms with Gasteiger partial charge in [-0.25, -0.2) is 12.8 Å². The number of hydrogen-bond acceptors (Lipinski definition) is 4. The highest BCUT2D eigenvalue weighted by Crippen LogP contribution is 2.24. The minimum absolute atomic E-state index is 0.0171. The van der Waals surface area contributed by atoms with Crippen LogP contribution >= 0.6 is 12.2 Å². The molecular formula is C11H13FN2O2S2. The minimum Gasteiger partial charge on any atom is -0.389 e. The number of hydrogen-bond donors (Lipinski definition) is 1. The van der Waals surface area contributed by atoms with E-state index >= 15 is 0 Å². The van der Waals surface area contributed by atoms with Gasteiger partial charge in [-0.05, 0) is 12.1 Å². The first-order valence-electron chi connectivity index (χ1n) is 5.44. The molecule has 1 heterocycles. The number of sulfone groups is 1. The second-order valence-electron chi connectivity index (χ2n) is 4.14. The molecule has 4 nitrogen and oxygen atoms in total. The fourth-order valence-corrected chi connectivity index (χ4v) is 3.38. The first kappa shape index (κ1) is 13.2. The van der Waals surface area contributed by atoms with Gasteiger partial charge in [0.2, 0.25) is 0 Å². The number of anilines is 1. The third-order valence-corrected chi connectivity index (χ3v) is 4.74. The molecule has 0 saturated carbocycles. The lowest BCUT2D eigenvalue weighted by atomic mass is 10.1. The molecule has 0 aliphatic carbocycles. The monoisotopic (exact) mass is 288 g/mol. The predicted molar refractivity (Wildman–Crippen MR) is 73.2 cm³/mol. The zero-order valence-electron chi connectivity index (χ0n) is 9.60. The second-order valence-corrected chi connectivity index (χ2v) is 6.88. The van der Waals surface area contributed by atoms with Gasteiger partial charge >= 0.3 is 0 Å². The van der Waals surface area contributed by atoms with Crippen molar-refractivity contribution in [2.45, 2.75) is 0 Å². The number of nitrogens with two attached hydrogens (primary N) is 1. The van der Waals surface area contributed by atoms with Crippen LogP contribution in [0.25, 0.3) is 0 Å². The highest BCUT2D eigenvalue weighted by atomic mass is 32.2. The summed E-state index contributed by atoms with van der Waals surface area (Å²) in [6.07, 6.45) is 0. The predicted octanol–water partition coefficient (Wildman–Crippen LogP) is 0.695. The number of halogens is 1. The fraction of sp³-hybridized carbons (Fsp3) is 0.364. The molecule has 1 fully saturated rings. The number of benzene rings is 1. The van der Waals surface area contributed by atoms with Gasteiger partial charge in [-0.2, -0.15) is 0 Å². The summed E-state index contributed by atoms with van der Waals surface area (Å²) in [6, 6.07) is 4.56. The summed E-state index contributed by atoms with van der Waals surface area (Å²) in [6.45, 7) is 0.669. The van der Waals surface area contributed by atoms with Crippen molar-refractivity contribution in [3.63, 3.8) is 0 Å². The molecule has 1 aliphatic rings. The van der Waals surface area contributed by atoms with Crippen LogP contribution in [-0.2, 0) is 9.84 Å². The van der Waals surface area contributed by atoms with Gasteiger partial charge in [0, 0.05) is 18.8 Å². The molecule has 18 heavy (non-hydrogen) atoms. The van der Waals surface area contributed by atoms with Crippen molar-refractivity contribution < 1.29 is 12.8 Å². The van der Waals surface area contributed by atoms with Crippen LogP contribution in [-0.4, -0.2) is 38.0 Å². The van der Waals surface area contributed by atoms with E-state index in [2.05, 4.69) is 0 Å². The van der Waals surface area contributed by atoms with E-state index < -0.39 is 15.7 Å². The molecule has 0 amide bonds. The van der Waals surface area contributed by atoms with Crippen molar-refractivity contribution in [2.24, 2.45) is 5.73 Å². The largest absolute Gasteiger partial charge is 0.389 e. The summed E-state index contributed by atoms with van der Waals surface area (Å²) in [5.41, 5.74) is 6.28.